The Kier molecular flexibility index (Phi) is 4.76. The van der Waals surface area contributed by atoms with Gasteiger partial charge in [0.05, 0.1) is 5.75 Å². The Morgan fingerprint density at radius 3 is 2.38 bits per heavy atom. The summed E-state index contributed by atoms with van der Waals surface area (Å²) in [5.74, 6) is 0.718. The molecule has 0 heterocycles. The lowest BCUT2D eigenvalue weighted by atomic mass is 10.3. The van der Waals surface area contributed by atoms with Crippen LogP contribution in [0.3, 0.4) is 0 Å². The number of sulfonamides is 1. The van der Waals surface area contributed by atoms with E-state index in [2.05, 4.69) is 4.72 Å². The monoisotopic (exact) mass is 243 g/mol. The van der Waals surface area contributed by atoms with E-state index >= 15 is 0 Å². The van der Waals surface area contributed by atoms with E-state index in [0.717, 1.165) is 0 Å². The van der Waals surface area contributed by atoms with E-state index in [-0.39, 0.29) is 5.75 Å². The summed E-state index contributed by atoms with van der Waals surface area (Å²) in [6.07, 6.45) is 0.0704. The van der Waals surface area contributed by atoms with E-state index in [0.29, 0.717) is 12.2 Å². The third kappa shape index (κ3) is 4.20. The van der Waals surface area contributed by atoms with Crippen LogP contribution in [0.25, 0.3) is 0 Å². The second kappa shape index (κ2) is 5.86. The minimum atomic E-state index is -3.23. The molecule has 0 bridgehead atoms. The highest BCUT2D eigenvalue weighted by atomic mass is 32.2. The van der Waals surface area contributed by atoms with Gasteiger partial charge in [0, 0.05) is 0 Å². The van der Waals surface area contributed by atoms with Crippen LogP contribution in [0.15, 0.2) is 30.3 Å². The van der Waals surface area contributed by atoms with E-state index in [4.69, 9.17) is 4.74 Å². The number of rotatable bonds is 6. The van der Waals surface area contributed by atoms with Gasteiger partial charge in [0.15, 0.2) is 6.23 Å². The molecule has 0 spiro atoms. The van der Waals surface area contributed by atoms with Crippen LogP contribution in [-0.2, 0) is 10.0 Å². The molecule has 0 fully saturated rings. The van der Waals surface area contributed by atoms with Gasteiger partial charge in [-0.15, -0.1) is 0 Å². The summed E-state index contributed by atoms with van der Waals surface area (Å²) in [7, 11) is -3.23. The van der Waals surface area contributed by atoms with Crippen LogP contribution < -0.4 is 9.46 Å². The van der Waals surface area contributed by atoms with E-state index in [9.17, 15) is 8.42 Å². The number of hydrogen-bond donors (Lipinski definition) is 1. The molecule has 1 atom stereocenters. The van der Waals surface area contributed by atoms with Crippen LogP contribution in [0, 0.1) is 0 Å². The average Bonchev–Trinajstić information content (AvgIpc) is 2.29. The maximum absolute atomic E-state index is 11.4. The Hall–Kier alpha value is -1.07. The highest BCUT2D eigenvalue weighted by molar-refractivity contribution is 7.89. The van der Waals surface area contributed by atoms with Crippen LogP contribution in [0.4, 0.5) is 0 Å². The van der Waals surface area contributed by atoms with Gasteiger partial charge in [-0.25, -0.2) is 8.42 Å². The molecular formula is C11H17NO3S. The number of ether oxygens (including phenoxy) is 1. The fourth-order valence-electron chi connectivity index (χ4n) is 1.14. The van der Waals surface area contributed by atoms with Gasteiger partial charge in [-0.05, 0) is 25.5 Å². The minimum absolute atomic E-state index is 0.0572. The van der Waals surface area contributed by atoms with E-state index in [1.54, 1.807) is 19.1 Å². The molecule has 1 N–H and O–H groups in total. The molecular weight excluding hydrogens is 226 g/mol. The van der Waals surface area contributed by atoms with Gasteiger partial charge in [-0.2, -0.15) is 4.72 Å². The maximum Gasteiger partial charge on any atom is 0.214 e. The second-order valence-electron chi connectivity index (χ2n) is 3.35. The van der Waals surface area contributed by atoms with Gasteiger partial charge >= 0.3 is 0 Å². The van der Waals surface area contributed by atoms with Crippen molar-refractivity contribution in [2.75, 3.05) is 5.75 Å². The number of nitrogens with one attached hydrogen (secondary N) is 1. The zero-order valence-electron chi connectivity index (χ0n) is 9.51. The minimum Gasteiger partial charge on any atom is -0.474 e. The molecule has 0 aliphatic heterocycles. The molecule has 4 nitrogen and oxygen atoms in total. The molecule has 5 heteroatoms. The first-order chi connectivity index (χ1) is 7.57. The molecule has 90 valence electrons. The van der Waals surface area contributed by atoms with Crippen molar-refractivity contribution >= 4 is 10.0 Å². The molecule has 1 aromatic rings. The first kappa shape index (κ1) is 13.0. The van der Waals surface area contributed by atoms with Crippen LogP contribution in [-0.4, -0.2) is 20.4 Å². The average molecular weight is 243 g/mol. The lowest BCUT2D eigenvalue weighted by Gasteiger charge is -2.18. The quantitative estimate of drug-likeness (QED) is 0.774. The lowest BCUT2D eigenvalue weighted by Crippen LogP contribution is -2.39. The van der Waals surface area contributed by atoms with Gasteiger partial charge in [-0.3, -0.25) is 0 Å². The summed E-state index contributed by atoms with van der Waals surface area (Å²) in [4.78, 5) is 0. The summed E-state index contributed by atoms with van der Waals surface area (Å²) >= 11 is 0. The predicted molar refractivity (Wildman–Crippen MR) is 63.7 cm³/mol. The van der Waals surface area contributed by atoms with Crippen molar-refractivity contribution in [2.45, 2.75) is 26.5 Å². The van der Waals surface area contributed by atoms with Crippen LogP contribution in [0.1, 0.15) is 20.3 Å². The van der Waals surface area contributed by atoms with E-state index < -0.39 is 16.3 Å². The van der Waals surface area contributed by atoms with Crippen LogP contribution in [0.2, 0.25) is 0 Å². The molecule has 16 heavy (non-hydrogen) atoms. The molecule has 0 aliphatic rings. The standard InChI is InChI=1S/C11H17NO3S/c1-3-11(12-16(13,14)4-2)15-10-8-6-5-7-9-10/h5-9,11-12H,3-4H2,1-2H3. The first-order valence-corrected chi connectivity index (χ1v) is 6.94. The van der Waals surface area contributed by atoms with E-state index in [1.165, 1.54) is 0 Å². The van der Waals surface area contributed by atoms with Crippen molar-refractivity contribution in [1.29, 1.82) is 0 Å². The summed E-state index contributed by atoms with van der Waals surface area (Å²) in [6, 6.07) is 9.16. The zero-order valence-corrected chi connectivity index (χ0v) is 10.3. The summed E-state index contributed by atoms with van der Waals surface area (Å²) in [5, 5.41) is 0. The molecule has 1 unspecified atom stereocenters. The van der Waals surface area contributed by atoms with Gasteiger partial charge < -0.3 is 4.74 Å². The highest BCUT2D eigenvalue weighted by Crippen LogP contribution is 2.11. The topological polar surface area (TPSA) is 55.4 Å². The first-order valence-electron chi connectivity index (χ1n) is 5.29. The summed E-state index contributed by atoms with van der Waals surface area (Å²) in [5.41, 5.74) is 0. The summed E-state index contributed by atoms with van der Waals surface area (Å²) < 4.78 is 30.7. The van der Waals surface area contributed by atoms with Gasteiger partial charge in [0.2, 0.25) is 10.0 Å². The Balaban J connectivity index is 2.63. The van der Waals surface area contributed by atoms with Gasteiger partial charge in [0.1, 0.15) is 5.75 Å². The van der Waals surface area contributed by atoms with Crippen LogP contribution in [0.5, 0.6) is 5.75 Å². The van der Waals surface area contributed by atoms with Crippen molar-refractivity contribution in [3.8, 4) is 5.75 Å². The third-order valence-electron chi connectivity index (χ3n) is 2.08. The molecule has 1 rings (SSSR count). The van der Waals surface area contributed by atoms with Crippen molar-refractivity contribution in [2.24, 2.45) is 0 Å². The molecule has 0 saturated carbocycles. The lowest BCUT2D eigenvalue weighted by molar-refractivity contribution is 0.186. The Labute approximate surface area is 96.7 Å². The van der Waals surface area contributed by atoms with Crippen molar-refractivity contribution in [1.82, 2.24) is 4.72 Å². The van der Waals surface area contributed by atoms with Crippen molar-refractivity contribution in [3.63, 3.8) is 0 Å². The smallest absolute Gasteiger partial charge is 0.214 e. The Bertz CT molecular complexity index is 402. The van der Waals surface area contributed by atoms with Crippen LogP contribution >= 0.6 is 0 Å². The fourth-order valence-corrected chi connectivity index (χ4v) is 1.92. The predicted octanol–water partition coefficient (Wildman–Crippen LogP) is 1.74. The molecule has 0 radical (unpaired) electrons. The van der Waals surface area contributed by atoms with E-state index in [1.807, 2.05) is 25.1 Å². The number of para-hydroxylation sites is 1. The zero-order chi connectivity index (χ0) is 12.0. The molecule has 0 aromatic heterocycles. The maximum atomic E-state index is 11.4. The van der Waals surface area contributed by atoms with Gasteiger partial charge in [-0.1, -0.05) is 25.1 Å². The fraction of sp³-hybridized carbons (Fsp3) is 0.455. The van der Waals surface area contributed by atoms with Crippen molar-refractivity contribution < 1.29 is 13.2 Å². The van der Waals surface area contributed by atoms with Crippen molar-refractivity contribution in [3.05, 3.63) is 30.3 Å². The molecule has 0 saturated heterocycles. The molecule has 1 aromatic carbocycles. The normalized spacial score (nSPS) is 13.4. The Morgan fingerprint density at radius 2 is 1.88 bits per heavy atom. The largest absolute Gasteiger partial charge is 0.474 e. The molecule has 0 aliphatic carbocycles. The highest BCUT2D eigenvalue weighted by Gasteiger charge is 2.15. The molecule has 0 amide bonds. The number of hydrogen-bond acceptors (Lipinski definition) is 3. The Morgan fingerprint density at radius 1 is 1.25 bits per heavy atom. The number of benzene rings is 1. The third-order valence-corrected chi connectivity index (χ3v) is 3.47. The second-order valence-corrected chi connectivity index (χ2v) is 5.39. The van der Waals surface area contributed by atoms with Gasteiger partial charge in [0.25, 0.3) is 0 Å². The SMILES string of the molecule is CCC(NS(=O)(=O)CC)Oc1ccccc1. The summed E-state index contributed by atoms with van der Waals surface area (Å²) in [6.45, 7) is 3.46.